The third-order valence-electron chi connectivity index (χ3n) is 6.42. The third kappa shape index (κ3) is 5.28. The number of carbonyl (C=O) groups is 2. The molecule has 0 radical (unpaired) electrons. The maximum atomic E-state index is 13.6. The summed E-state index contributed by atoms with van der Waals surface area (Å²) in [7, 11) is 0. The van der Waals surface area contributed by atoms with E-state index < -0.39 is 11.9 Å². The molecule has 2 amide bonds. The number of anilines is 1. The van der Waals surface area contributed by atoms with E-state index in [1.54, 1.807) is 18.2 Å². The quantitative estimate of drug-likeness (QED) is 0.268. The number of aromatic nitrogens is 2. The van der Waals surface area contributed by atoms with E-state index in [1.165, 1.54) is 12.1 Å². The predicted molar refractivity (Wildman–Crippen MR) is 142 cm³/mol. The van der Waals surface area contributed by atoms with Crippen LogP contribution in [0.4, 0.5) is 10.2 Å². The number of nitrogens with one attached hydrogen (secondary N) is 3. The van der Waals surface area contributed by atoms with Gasteiger partial charge < -0.3 is 21.4 Å². The van der Waals surface area contributed by atoms with Crippen LogP contribution in [0.2, 0.25) is 0 Å². The number of benzene rings is 3. The number of aryl methyl sites for hydroxylation is 1. The summed E-state index contributed by atoms with van der Waals surface area (Å²) in [5.74, 6) is -0.770. The van der Waals surface area contributed by atoms with Gasteiger partial charge in [-0.05, 0) is 59.2 Å². The van der Waals surface area contributed by atoms with Crippen LogP contribution in [0.1, 0.15) is 27.3 Å². The number of nitrogens with two attached hydrogens (primary N) is 1. The molecule has 3 aromatic carbocycles. The number of rotatable bonds is 7. The highest BCUT2D eigenvalue weighted by Crippen LogP contribution is 2.21. The number of carbonyl (C=O) groups excluding carboxylic acids is 2. The Bertz CT molecular complexity index is 1620. The topological polar surface area (TPSA) is 113 Å². The fourth-order valence-electron chi connectivity index (χ4n) is 4.46. The van der Waals surface area contributed by atoms with Crippen LogP contribution < -0.4 is 16.4 Å². The fourth-order valence-corrected chi connectivity index (χ4v) is 4.46. The summed E-state index contributed by atoms with van der Waals surface area (Å²) in [4.78, 5) is 33.8. The number of fused-ring (bicyclic) bond motifs is 2. The number of hydrogen-bond donors (Lipinski definition) is 4. The molecule has 5 rings (SSSR count). The van der Waals surface area contributed by atoms with E-state index in [0.717, 1.165) is 27.6 Å². The maximum Gasteiger partial charge on any atom is 0.268 e. The first-order chi connectivity index (χ1) is 17.9. The summed E-state index contributed by atoms with van der Waals surface area (Å²) in [6, 6.07) is 22.3. The summed E-state index contributed by atoms with van der Waals surface area (Å²) < 4.78 is 13.6. The molecule has 2 heterocycles. The molecule has 5 aromatic rings. The first-order valence-electron chi connectivity index (χ1n) is 11.9. The second-order valence-electron chi connectivity index (χ2n) is 8.98. The van der Waals surface area contributed by atoms with Gasteiger partial charge in [0.25, 0.3) is 5.91 Å². The number of hydrogen-bond acceptors (Lipinski definition) is 4. The monoisotopic (exact) mass is 495 g/mol. The molecule has 186 valence electrons. The molecule has 0 spiro atoms. The molecule has 0 fully saturated rings. The second kappa shape index (κ2) is 10.1. The van der Waals surface area contributed by atoms with E-state index in [9.17, 15) is 14.0 Å². The highest BCUT2D eigenvalue weighted by molar-refractivity contribution is 6.00. The van der Waals surface area contributed by atoms with Crippen molar-refractivity contribution in [1.82, 2.24) is 20.6 Å². The summed E-state index contributed by atoms with van der Waals surface area (Å²) in [5.41, 5.74) is 9.10. The maximum absolute atomic E-state index is 13.6. The first kappa shape index (κ1) is 24.0. The van der Waals surface area contributed by atoms with Gasteiger partial charge in [0.1, 0.15) is 23.4 Å². The summed E-state index contributed by atoms with van der Waals surface area (Å²) in [6.45, 7) is 2.07. The molecule has 2 aromatic heterocycles. The molecule has 0 aliphatic heterocycles. The van der Waals surface area contributed by atoms with Crippen molar-refractivity contribution in [2.75, 3.05) is 5.73 Å². The average molecular weight is 496 g/mol. The van der Waals surface area contributed by atoms with Gasteiger partial charge in [0.2, 0.25) is 5.91 Å². The Kier molecular flexibility index (Phi) is 6.55. The van der Waals surface area contributed by atoms with Crippen molar-refractivity contribution >= 4 is 39.3 Å². The van der Waals surface area contributed by atoms with Crippen molar-refractivity contribution in [3.05, 3.63) is 107 Å². The lowest BCUT2D eigenvalue weighted by molar-refractivity contribution is -0.123. The van der Waals surface area contributed by atoms with E-state index in [1.807, 2.05) is 55.5 Å². The molecule has 0 aliphatic rings. The molecule has 0 saturated heterocycles. The number of amides is 2. The third-order valence-corrected chi connectivity index (χ3v) is 6.42. The first-order valence-corrected chi connectivity index (χ1v) is 11.9. The van der Waals surface area contributed by atoms with Crippen LogP contribution in [0.15, 0.2) is 78.9 Å². The van der Waals surface area contributed by atoms with Crippen LogP contribution in [-0.2, 0) is 17.8 Å². The van der Waals surface area contributed by atoms with Crippen molar-refractivity contribution < 1.29 is 14.0 Å². The number of nitrogen functional groups attached to an aromatic ring is 1. The zero-order valence-corrected chi connectivity index (χ0v) is 20.2. The lowest BCUT2D eigenvalue weighted by Crippen LogP contribution is -2.48. The Balaban J connectivity index is 1.41. The van der Waals surface area contributed by atoms with E-state index in [-0.39, 0.29) is 30.4 Å². The molecule has 7 nitrogen and oxygen atoms in total. The highest BCUT2D eigenvalue weighted by atomic mass is 19.1. The van der Waals surface area contributed by atoms with Crippen molar-refractivity contribution in [2.24, 2.45) is 0 Å². The van der Waals surface area contributed by atoms with Gasteiger partial charge >= 0.3 is 0 Å². The Hall–Kier alpha value is -4.72. The van der Waals surface area contributed by atoms with Crippen LogP contribution in [0.25, 0.3) is 21.7 Å². The summed E-state index contributed by atoms with van der Waals surface area (Å²) >= 11 is 0. The Morgan fingerprint density at radius 1 is 0.973 bits per heavy atom. The van der Waals surface area contributed by atoms with Crippen molar-refractivity contribution in [3.63, 3.8) is 0 Å². The molecular weight excluding hydrogens is 469 g/mol. The Labute approximate surface area is 212 Å². The van der Waals surface area contributed by atoms with Crippen molar-refractivity contribution in [1.29, 1.82) is 0 Å². The SMILES string of the molecule is Cc1nc(N)ccc1CNC(=O)[C@H](Cc1cccc2ccccc12)NC(=O)c1cc2cc(F)ccc2[nH]1. The van der Waals surface area contributed by atoms with Crippen LogP contribution in [0.5, 0.6) is 0 Å². The van der Waals surface area contributed by atoms with Crippen LogP contribution in [0, 0.1) is 12.7 Å². The number of H-pyrrole nitrogens is 1. The van der Waals surface area contributed by atoms with E-state index in [4.69, 9.17) is 5.73 Å². The van der Waals surface area contributed by atoms with Crippen molar-refractivity contribution in [2.45, 2.75) is 25.9 Å². The minimum atomic E-state index is -0.858. The number of nitrogens with zero attached hydrogens (tertiary/aromatic N) is 1. The smallest absolute Gasteiger partial charge is 0.268 e. The largest absolute Gasteiger partial charge is 0.384 e. The minimum Gasteiger partial charge on any atom is -0.384 e. The lowest BCUT2D eigenvalue weighted by atomic mass is 9.98. The molecule has 0 aliphatic carbocycles. The molecular formula is C29H26FN5O2. The molecule has 0 unspecified atom stereocenters. The highest BCUT2D eigenvalue weighted by Gasteiger charge is 2.24. The Morgan fingerprint density at radius 3 is 2.62 bits per heavy atom. The van der Waals surface area contributed by atoms with Gasteiger partial charge in [0.15, 0.2) is 0 Å². The predicted octanol–water partition coefficient (Wildman–Crippen LogP) is 4.40. The number of pyridine rings is 1. The van der Waals surface area contributed by atoms with Crippen LogP contribution in [-0.4, -0.2) is 27.8 Å². The van der Waals surface area contributed by atoms with E-state index in [2.05, 4.69) is 20.6 Å². The van der Waals surface area contributed by atoms with Gasteiger partial charge in [-0.1, -0.05) is 48.5 Å². The second-order valence-corrected chi connectivity index (χ2v) is 8.98. The van der Waals surface area contributed by atoms with Gasteiger partial charge in [-0.2, -0.15) is 0 Å². The number of aromatic amines is 1. The molecule has 5 N–H and O–H groups in total. The van der Waals surface area contributed by atoms with E-state index >= 15 is 0 Å². The average Bonchev–Trinajstić information content (AvgIpc) is 3.31. The standard InChI is InChI=1S/C29H26FN5O2/c1-17-20(9-12-27(31)33-17)16-32-28(36)25(14-19-7-4-6-18-5-2-3-8-23(18)19)35-29(37)26-15-21-13-22(30)10-11-24(21)34-26/h2-13,15,25,34H,14,16H2,1H3,(H2,31,33)(H,32,36)(H,35,37)/t25-/m0/s1. The summed E-state index contributed by atoms with van der Waals surface area (Å²) in [6.07, 6.45) is 0.284. The number of halogens is 1. The normalized spacial score (nSPS) is 11.9. The molecule has 37 heavy (non-hydrogen) atoms. The summed E-state index contributed by atoms with van der Waals surface area (Å²) in [5, 5.41) is 8.43. The van der Waals surface area contributed by atoms with Gasteiger partial charge in [0, 0.05) is 29.6 Å². The molecule has 8 heteroatoms. The van der Waals surface area contributed by atoms with Gasteiger partial charge in [0.05, 0.1) is 0 Å². The zero-order valence-electron chi connectivity index (χ0n) is 20.2. The van der Waals surface area contributed by atoms with Crippen LogP contribution >= 0.6 is 0 Å². The lowest BCUT2D eigenvalue weighted by Gasteiger charge is -2.20. The fraction of sp³-hybridized carbons (Fsp3) is 0.138. The van der Waals surface area contributed by atoms with Crippen molar-refractivity contribution in [3.8, 4) is 0 Å². The Morgan fingerprint density at radius 2 is 1.78 bits per heavy atom. The molecule has 0 bridgehead atoms. The zero-order chi connectivity index (χ0) is 25.9. The van der Waals surface area contributed by atoms with Gasteiger partial charge in [-0.25, -0.2) is 9.37 Å². The molecule has 1 atom stereocenters. The van der Waals surface area contributed by atoms with Gasteiger partial charge in [-0.15, -0.1) is 0 Å². The minimum absolute atomic E-state index is 0.242. The van der Waals surface area contributed by atoms with Gasteiger partial charge in [-0.3, -0.25) is 9.59 Å². The molecule has 0 saturated carbocycles. The van der Waals surface area contributed by atoms with Crippen LogP contribution in [0.3, 0.4) is 0 Å². The van der Waals surface area contributed by atoms with E-state index in [0.29, 0.717) is 16.7 Å².